The lowest BCUT2D eigenvalue weighted by Gasteiger charge is -2.16. The molecule has 1 heterocycles. The summed E-state index contributed by atoms with van der Waals surface area (Å²) in [5.74, 6) is -1.31. The highest BCUT2D eigenvalue weighted by Gasteiger charge is 2.17. The van der Waals surface area contributed by atoms with E-state index in [0.29, 0.717) is 0 Å². The van der Waals surface area contributed by atoms with Crippen molar-refractivity contribution in [3.8, 4) is 0 Å². The summed E-state index contributed by atoms with van der Waals surface area (Å²) in [6.45, 7) is 2.14. The Balaban J connectivity index is 1.64. The molecule has 2 N–H and O–H groups in total. The third-order valence-corrected chi connectivity index (χ3v) is 4.02. The molecular formula is C20H19N3O2. The topological polar surface area (TPSA) is 71.1 Å². The molecular weight excluding hydrogens is 314 g/mol. The van der Waals surface area contributed by atoms with Crippen molar-refractivity contribution in [1.82, 2.24) is 15.6 Å². The van der Waals surface area contributed by atoms with Crippen LogP contribution in [0.3, 0.4) is 0 Å². The van der Waals surface area contributed by atoms with Crippen molar-refractivity contribution in [2.24, 2.45) is 0 Å². The van der Waals surface area contributed by atoms with Crippen LogP contribution in [0.25, 0.3) is 10.8 Å². The summed E-state index contributed by atoms with van der Waals surface area (Å²) in [5, 5.41) is 7.52. The Kier molecular flexibility index (Phi) is 5.04. The number of fused-ring (bicyclic) bond motifs is 1. The minimum Gasteiger partial charge on any atom is -0.344 e. The summed E-state index contributed by atoms with van der Waals surface area (Å²) in [6.07, 6.45) is 3.31. The molecule has 0 unspecified atom stereocenters. The number of hydrogen-bond acceptors (Lipinski definition) is 3. The van der Waals surface area contributed by atoms with E-state index in [1.54, 1.807) is 18.5 Å². The zero-order valence-electron chi connectivity index (χ0n) is 13.9. The van der Waals surface area contributed by atoms with Crippen molar-refractivity contribution in [3.05, 3.63) is 78.1 Å². The zero-order chi connectivity index (χ0) is 17.6. The molecule has 126 valence electrons. The summed E-state index contributed by atoms with van der Waals surface area (Å²) in [7, 11) is 0. The van der Waals surface area contributed by atoms with Gasteiger partial charge in [-0.05, 0) is 34.9 Å². The molecule has 0 saturated carbocycles. The highest BCUT2D eigenvalue weighted by atomic mass is 16.2. The Morgan fingerprint density at radius 1 is 1.00 bits per heavy atom. The van der Waals surface area contributed by atoms with Crippen molar-refractivity contribution in [2.45, 2.75) is 19.5 Å². The normalized spacial score (nSPS) is 11.7. The number of rotatable bonds is 4. The molecule has 0 aliphatic heterocycles. The van der Waals surface area contributed by atoms with Crippen molar-refractivity contribution in [1.29, 1.82) is 0 Å². The molecule has 0 radical (unpaired) electrons. The van der Waals surface area contributed by atoms with Gasteiger partial charge in [0, 0.05) is 18.9 Å². The van der Waals surface area contributed by atoms with Gasteiger partial charge in [0.05, 0.1) is 6.04 Å². The number of carbonyl (C=O) groups excluding carboxylic acids is 2. The molecule has 5 nitrogen and oxygen atoms in total. The average molecular weight is 333 g/mol. The fourth-order valence-corrected chi connectivity index (χ4v) is 2.73. The summed E-state index contributed by atoms with van der Waals surface area (Å²) < 4.78 is 0. The fourth-order valence-electron chi connectivity index (χ4n) is 2.73. The first-order valence-electron chi connectivity index (χ1n) is 8.10. The molecule has 3 rings (SSSR count). The van der Waals surface area contributed by atoms with Gasteiger partial charge in [0.15, 0.2) is 0 Å². The van der Waals surface area contributed by atoms with Crippen LogP contribution in [-0.4, -0.2) is 16.8 Å². The molecule has 0 bridgehead atoms. The molecule has 1 atom stereocenters. The number of pyridine rings is 1. The lowest BCUT2D eigenvalue weighted by atomic mass is 10.00. The van der Waals surface area contributed by atoms with Gasteiger partial charge >= 0.3 is 11.8 Å². The van der Waals surface area contributed by atoms with E-state index in [1.807, 2.05) is 55.5 Å². The first kappa shape index (κ1) is 16.6. The van der Waals surface area contributed by atoms with Gasteiger partial charge in [0.2, 0.25) is 0 Å². The fraction of sp³-hybridized carbons (Fsp3) is 0.150. The summed E-state index contributed by atoms with van der Waals surface area (Å²) in [5.41, 5.74) is 1.82. The van der Waals surface area contributed by atoms with E-state index in [-0.39, 0.29) is 12.6 Å². The number of nitrogens with one attached hydrogen (secondary N) is 2. The van der Waals surface area contributed by atoms with Gasteiger partial charge in [-0.2, -0.15) is 0 Å². The lowest BCUT2D eigenvalue weighted by Crippen LogP contribution is -2.40. The minimum atomic E-state index is -0.657. The van der Waals surface area contributed by atoms with E-state index < -0.39 is 11.8 Å². The second-order valence-corrected chi connectivity index (χ2v) is 5.81. The highest BCUT2D eigenvalue weighted by molar-refractivity contribution is 6.35. The molecule has 0 aliphatic rings. The minimum absolute atomic E-state index is 0.267. The Hall–Kier alpha value is -3.21. The Morgan fingerprint density at radius 3 is 2.60 bits per heavy atom. The van der Waals surface area contributed by atoms with Crippen LogP contribution in [0.1, 0.15) is 24.1 Å². The third kappa shape index (κ3) is 4.01. The van der Waals surface area contributed by atoms with E-state index in [9.17, 15) is 9.59 Å². The first-order chi connectivity index (χ1) is 12.1. The van der Waals surface area contributed by atoms with Gasteiger partial charge in [-0.15, -0.1) is 0 Å². The highest BCUT2D eigenvalue weighted by Crippen LogP contribution is 2.23. The third-order valence-electron chi connectivity index (χ3n) is 4.02. The van der Waals surface area contributed by atoms with Crippen LogP contribution in [0.2, 0.25) is 0 Å². The molecule has 0 fully saturated rings. The maximum atomic E-state index is 12.1. The molecule has 5 heteroatoms. The Morgan fingerprint density at radius 2 is 1.80 bits per heavy atom. The van der Waals surface area contributed by atoms with E-state index in [2.05, 4.69) is 15.6 Å². The van der Waals surface area contributed by atoms with Crippen LogP contribution in [-0.2, 0) is 16.1 Å². The predicted molar refractivity (Wildman–Crippen MR) is 96.6 cm³/mol. The molecule has 25 heavy (non-hydrogen) atoms. The number of aromatic nitrogens is 1. The molecule has 3 aromatic rings. The monoisotopic (exact) mass is 333 g/mol. The van der Waals surface area contributed by atoms with Crippen LogP contribution in [0.15, 0.2) is 67.0 Å². The SMILES string of the molecule is C[C@@H](NC(=O)C(=O)NCc1cccnc1)c1cccc2ccccc12. The first-order valence-corrected chi connectivity index (χ1v) is 8.10. The predicted octanol–water partition coefficient (Wildman–Crippen LogP) is 2.73. The van der Waals surface area contributed by atoms with E-state index in [1.165, 1.54) is 0 Å². The summed E-state index contributed by atoms with van der Waals surface area (Å²) in [4.78, 5) is 28.1. The summed E-state index contributed by atoms with van der Waals surface area (Å²) in [6, 6.07) is 17.2. The Bertz CT molecular complexity index is 888. The Labute approximate surface area is 146 Å². The zero-order valence-corrected chi connectivity index (χ0v) is 13.9. The lowest BCUT2D eigenvalue weighted by molar-refractivity contribution is -0.139. The van der Waals surface area contributed by atoms with Crippen LogP contribution < -0.4 is 10.6 Å². The molecule has 1 aromatic heterocycles. The second-order valence-electron chi connectivity index (χ2n) is 5.81. The van der Waals surface area contributed by atoms with Gasteiger partial charge in [0.1, 0.15) is 0 Å². The van der Waals surface area contributed by atoms with Gasteiger partial charge < -0.3 is 10.6 Å². The van der Waals surface area contributed by atoms with Crippen LogP contribution in [0.5, 0.6) is 0 Å². The molecule has 0 spiro atoms. The standard InChI is InChI=1S/C20H19N3O2/c1-14(17-10-4-8-16-7-2-3-9-18(16)17)23-20(25)19(24)22-13-15-6-5-11-21-12-15/h2-12,14H,13H2,1H3,(H,22,24)(H,23,25)/t14-/m1/s1. The van der Waals surface area contributed by atoms with Crippen LogP contribution >= 0.6 is 0 Å². The van der Waals surface area contributed by atoms with Gasteiger partial charge in [0.25, 0.3) is 0 Å². The second kappa shape index (κ2) is 7.57. The number of hydrogen-bond donors (Lipinski definition) is 2. The van der Waals surface area contributed by atoms with Gasteiger partial charge in [-0.3, -0.25) is 14.6 Å². The van der Waals surface area contributed by atoms with Crippen molar-refractivity contribution >= 4 is 22.6 Å². The van der Waals surface area contributed by atoms with Gasteiger partial charge in [-0.1, -0.05) is 48.5 Å². The van der Waals surface area contributed by atoms with Gasteiger partial charge in [-0.25, -0.2) is 0 Å². The number of nitrogens with zero attached hydrogens (tertiary/aromatic N) is 1. The van der Waals surface area contributed by atoms with Crippen LogP contribution in [0, 0.1) is 0 Å². The maximum absolute atomic E-state index is 12.1. The van der Waals surface area contributed by atoms with Crippen LogP contribution in [0.4, 0.5) is 0 Å². The van der Waals surface area contributed by atoms with E-state index in [4.69, 9.17) is 0 Å². The largest absolute Gasteiger partial charge is 0.344 e. The smallest absolute Gasteiger partial charge is 0.309 e. The van der Waals surface area contributed by atoms with Crippen molar-refractivity contribution in [3.63, 3.8) is 0 Å². The average Bonchev–Trinajstić information content (AvgIpc) is 2.66. The van der Waals surface area contributed by atoms with Crippen molar-refractivity contribution in [2.75, 3.05) is 0 Å². The quantitative estimate of drug-likeness (QED) is 0.721. The molecule has 0 aliphatic carbocycles. The maximum Gasteiger partial charge on any atom is 0.309 e. The van der Waals surface area contributed by atoms with E-state index in [0.717, 1.165) is 21.9 Å². The summed E-state index contributed by atoms with van der Waals surface area (Å²) >= 11 is 0. The van der Waals surface area contributed by atoms with Crippen molar-refractivity contribution < 1.29 is 9.59 Å². The molecule has 2 aromatic carbocycles. The number of amides is 2. The number of benzene rings is 2. The number of carbonyl (C=O) groups is 2. The molecule has 0 saturated heterocycles. The van der Waals surface area contributed by atoms with E-state index >= 15 is 0 Å². The molecule has 2 amide bonds.